The van der Waals surface area contributed by atoms with Gasteiger partial charge in [-0.25, -0.2) is 0 Å². The first kappa shape index (κ1) is 17.1. The van der Waals surface area contributed by atoms with E-state index >= 15 is 0 Å². The minimum atomic E-state index is -0.105. The third-order valence-corrected chi connectivity index (χ3v) is 5.34. The number of anilines is 1. The highest BCUT2D eigenvalue weighted by Gasteiger charge is 2.40. The lowest BCUT2D eigenvalue weighted by Gasteiger charge is -2.18. The maximum absolute atomic E-state index is 12.4. The highest BCUT2D eigenvalue weighted by Crippen LogP contribution is 2.44. The van der Waals surface area contributed by atoms with Gasteiger partial charge in [-0.15, -0.1) is 0 Å². The van der Waals surface area contributed by atoms with Crippen molar-refractivity contribution >= 4 is 11.6 Å². The van der Waals surface area contributed by atoms with Crippen molar-refractivity contribution in [3.63, 3.8) is 0 Å². The molecule has 0 spiro atoms. The second-order valence-corrected chi connectivity index (χ2v) is 7.46. The van der Waals surface area contributed by atoms with Crippen LogP contribution in [0.3, 0.4) is 0 Å². The molecule has 0 saturated heterocycles. The molecule has 0 aromatic heterocycles. The highest BCUT2D eigenvalue weighted by atomic mass is 16.5. The predicted octanol–water partition coefficient (Wildman–Crippen LogP) is 4.23. The van der Waals surface area contributed by atoms with Crippen LogP contribution >= 0.6 is 0 Å². The number of ether oxygens (including phenoxy) is 1. The van der Waals surface area contributed by atoms with Crippen LogP contribution in [0, 0.1) is 11.8 Å². The highest BCUT2D eigenvalue weighted by molar-refractivity contribution is 6.04. The lowest BCUT2D eigenvalue weighted by atomic mass is 10.1. The molecular formula is C22H26N2O2. The molecule has 136 valence electrons. The summed E-state index contributed by atoms with van der Waals surface area (Å²) >= 11 is 0. The SMILES string of the molecule is COc1ccc(C(=O)Nc2cccc(CNC(C3CC3)C3CC3)c2)cc1. The Hall–Kier alpha value is -2.33. The van der Waals surface area contributed by atoms with Gasteiger partial charge in [0.25, 0.3) is 5.91 Å². The standard InChI is InChI=1S/C22H26N2O2/c1-26-20-11-9-18(10-12-20)22(25)24-19-4-2-3-15(13-19)14-23-21(16-5-6-16)17-7-8-17/h2-4,9-13,16-17,21,23H,5-8,14H2,1H3,(H,24,25). The van der Waals surface area contributed by atoms with Crippen molar-refractivity contribution in [1.29, 1.82) is 0 Å². The van der Waals surface area contributed by atoms with Gasteiger partial charge in [-0.2, -0.15) is 0 Å². The molecule has 2 aromatic rings. The molecule has 4 heteroatoms. The van der Waals surface area contributed by atoms with Crippen LogP contribution in [-0.4, -0.2) is 19.1 Å². The summed E-state index contributed by atoms with van der Waals surface area (Å²) in [6.07, 6.45) is 5.52. The molecule has 0 unspecified atom stereocenters. The van der Waals surface area contributed by atoms with Crippen LogP contribution in [0.4, 0.5) is 5.69 Å². The van der Waals surface area contributed by atoms with E-state index in [1.165, 1.54) is 31.2 Å². The normalized spacial score (nSPS) is 16.5. The predicted molar refractivity (Wildman–Crippen MR) is 103 cm³/mol. The summed E-state index contributed by atoms with van der Waals surface area (Å²) in [7, 11) is 1.62. The van der Waals surface area contributed by atoms with Crippen LogP contribution in [0.15, 0.2) is 48.5 Å². The van der Waals surface area contributed by atoms with Crippen LogP contribution in [0.5, 0.6) is 5.75 Å². The summed E-state index contributed by atoms with van der Waals surface area (Å²) in [6, 6.07) is 15.9. The van der Waals surface area contributed by atoms with Crippen molar-refractivity contribution < 1.29 is 9.53 Å². The number of benzene rings is 2. The molecule has 4 nitrogen and oxygen atoms in total. The van der Waals surface area contributed by atoms with E-state index in [-0.39, 0.29) is 5.91 Å². The molecule has 0 atom stereocenters. The van der Waals surface area contributed by atoms with Gasteiger partial charge in [0.15, 0.2) is 0 Å². The maximum atomic E-state index is 12.4. The topological polar surface area (TPSA) is 50.4 Å². The van der Waals surface area contributed by atoms with Crippen LogP contribution in [0.25, 0.3) is 0 Å². The van der Waals surface area contributed by atoms with Crippen LogP contribution in [0.2, 0.25) is 0 Å². The largest absolute Gasteiger partial charge is 0.497 e. The lowest BCUT2D eigenvalue weighted by Crippen LogP contribution is -2.32. The summed E-state index contributed by atoms with van der Waals surface area (Å²) in [6.45, 7) is 0.865. The summed E-state index contributed by atoms with van der Waals surface area (Å²) in [5.74, 6) is 2.42. The number of carbonyl (C=O) groups is 1. The zero-order valence-corrected chi connectivity index (χ0v) is 15.2. The lowest BCUT2D eigenvalue weighted by molar-refractivity contribution is 0.102. The van der Waals surface area contributed by atoms with Crippen LogP contribution < -0.4 is 15.4 Å². The van der Waals surface area contributed by atoms with Crippen molar-refractivity contribution in [2.75, 3.05) is 12.4 Å². The molecule has 26 heavy (non-hydrogen) atoms. The molecule has 0 aliphatic heterocycles. The summed E-state index contributed by atoms with van der Waals surface area (Å²) in [5, 5.41) is 6.74. The van der Waals surface area contributed by atoms with E-state index in [1.54, 1.807) is 31.4 Å². The van der Waals surface area contributed by atoms with Crippen LogP contribution in [0.1, 0.15) is 41.6 Å². The molecule has 1 amide bonds. The third kappa shape index (κ3) is 4.25. The first-order valence-electron chi connectivity index (χ1n) is 9.50. The number of hydrogen-bond donors (Lipinski definition) is 2. The van der Waals surface area contributed by atoms with E-state index in [9.17, 15) is 4.79 Å². The summed E-state index contributed by atoms with van der Waals surface area (Å²) < 4.78 is 5.13. The number of hydrogen-bond acceptors (Lipinski definition) is 3. The van der Waals surface area contributed by atoms with Gasteiger partial charge in [0.1, 0.15) is 5.75 Å². The van der Waals surface area contributed by atoms with Crippen molar-refractivity contribution in [3.8, 4) is 5.75 Å². The summed E-state index contributed by atoms with van der Waals surface area (Å²) in [4.78, 5) is 12.4. The molecule has 2 saturated carbocycles. The number of carbonyl (C=O) groups excluding carboxylic acids is 1. The average Bonchev–Trinajstić information content (AvgIpc) is 3.56. The maximum Gasteiger partial charge on any atom is 0.255 e. The zero-order valence-electron chi connectivity index (χ0n) is 15.2. The Labute approximate surface area is 155 Å². The molecule has 2 aliphatic carbocycles. The Morgan fingerprint density at radius 3 is 2.38 bits per heavy atom. The molecule has 2 aromatic carbocycles. The first-order chi connectivity index (χ1) is 12.7. The molecule has 0 bridgehead atoms. The van der Waals surface area contributed by atoms with Crippen molar-refractivity contribution in [2.45, 2.75) is 38.3 Å². The minimum Gasteiger partial charge on any atom is -0.497 e. The van der Waals surface area contributed by atoms with Gasteiger partial charge < -0.3 is 15.4 Å². The van der Waals surface area contributed by atoms with Gasteiger partial charge >= 0.3 is 0 Å². The van der Waals surface area contributed by atoms with Crippen molar-refractivity contribution in [3.05, 3.63) is 59.7 Å². The van der Waals surface area contributed by atoms with E-state index in [0.717, 1.165) is 29.8 Å². The van der Waals surface area contributed by atoms with Gasteiger partial charge in [0.05, 0.1) is 7.11 Å². The third-order valence-electron chi connectivity index (χ3n) is 5.34. The van der Waals surface area contributed by atoms with Gasteiger partial charge in [0.2, 0.25) is 0 Å². The number of rotatable bonds is 8. The van der Waals surface area contributed by atoms with E-state index in [1.807, 2.05) is 12.1 Å². The average molecular weight is 350 g/mol. The Morgan fingerprint density at radius 2 is 1.77 bits per heavy atom. The minimum absolute atomic E-state index is 0.105. The molecule has 2 aliphatic rings. The summed E-state index contributed by atoms with van der Waals surface area (Å²) in [5.41, 5.74) is 2.67. The zero-order chi connectivity index (χ0) is 17.9. The van der Waals surface area contributed by atoms with Gasteiger partial charge in [0, 0.05) is 23.8 Å². The van der Waals surface area contributed by atoms with Crippen LogP contribution in [-0.2, 0) is 6.54 Å². The Bertz CT molecular complexity index is 752. The Balaban J connectivity index is 1.36. The molecule has 0 radical (unpaired) electrons. The van der Waals surface area contributed by atoms with E-state index < -0.39 is 0 Å². The molecule has 0 heterocycles. The smallest absolute Gasteiger partial charge is 0.255 e. The van der Waals surface area contributed by atoms with Gasteiger partial charge in [-0.3, -0.25) is 4.79 Å². The monoisotopic (exact) mass is 350 g/mol. The van der Waals surface area contributed by atoms with Gasteiger partial charge in [-0.1, -0.05) is 12.1 Å². The number of nitrogens with one attached hydrogen (secondary N) is 2. The molecular weight excluding hydrogens is 324 g/mol. The second kappa shape index (κ2) is 7.50. The molecule has 2 fully saturated rings. The van der Waals surface area contributed by atoms with Gasteiger partial charge in [-0.05, 0) is 79.5 Å². The fourth-order valence-electron chi connectivity index (χ4n) is 3.57. The first-order valence-corrected chi connectivity index (χ1v) is 9.50. The molecule has 2 N–H and O–H groups in total. The van der Waals surface area contributed by atoms with E-state index in [2.05, 4.69) is 22.8 Å². The van der Waals surface area contributed by atoms with Crippen molar-refractivity contribution in [2.24, 2.45) is 11.8 Å². The fourth-order valence-corrected chi connectivity index (χ4v) is 3.57. The van der Waals surface area contributed by atoms with E-state index in [4.69, 9.17) is 4.74 Å². The Morgan fingerprint density at radius 1 is 1.08 bits per heavy atom. The Kier molecular flexibility index (Phi) is 4.93. The number of methoxy groups -OCH3 is 1. The number of amides is 1. The second-order valence-electron chi connectivity index (χ2n) is 7.46. The molecule has 4 rings (SSSR count). The van der Waals surface area contributed by atoms with Crippen molar-refractivity contribution in [1.82, 2.24) is 5.32 Å². The van der Waals surface area contributed by atoms with E-state index in [0.29, 0.717) is 11.6 Å². The fraction of sp³-hybridized carbons (Fsp3) is 0.409. The quantitative estimate of drug-likeness (QED) is 0.749.